The maximum atomic E-state index is 12.1. The first-order chi connectivity index (χ1) is 8.04. The molecule has 0 aliphatic carbocycles. The molecule has 0 fully saturated rings. The summed E-state index contributed by atoms with van der Waals surface area (Å²) in [6.07, 6.45) is 0.809. The third-order valence-electron chi connectivity index (χ3n) is 2.64. The maximum absolute atomic E-state index is 12.1. The highest BCUT2D eigenvalue weighted by Crippen LogP contribution is 2.19. The molecule has 2 aromatic heterocycles. The van der Waals surface area contributed by atoms with Crippen LogP contribution in [-0.4, -0.2) is 9.67 Å². The summed E-state index contributed by atoms with van der Waals surface area (Å²) in [5.74, 6) is -0.328. The molecule has 2 aromatic rings. The number of aryl methyl sites for hydroxylation is 1. The fourth-order valence-corrected chi connectivity index (χ4v) is 1.88. The van der Waals surface area contributed by atoms with E-state index in [1.54, 1.807) is 17.6 Å². The van der Waals surface area contributed by atoms with E-state index in [9.17, 15) is 14.7 Å². The van der Waals surface area contributed by atoms with E-state index in [1.165, 1.54) is 0 Å². The van der Waals surface area contributed by atoms with Gasteiger partial charge in [0.15, 0.2) is 0 Å². The number of hydrogen-bond acceptors (Lipinski definition) is 4. The predicted molar refractivity (Wildman–Crippen MR) is 63.4 cm³/mol. The Hall–Kier alpha value is -2.04. The van der Waals surface area contributed by atoms with Crippen LogP contribution in [-0.2, 0) is 6.54 Å². The summed E-state index contributed by atoms with van der Waals surface area (Å²) in [5, 5.41) is 9.70. The molecule has 0 atom stereocenters. The summed E-state index contributed by atoms with van der Waals surface area (Å²) in [7, 11) is 0. The normalized spacial score (nSPS) is 10.9. The fraction of sp³-hybridized carbons (Fsp3) is 0.333. The van der Waals surface area contributed by atoms with Crippen molar-refractivity contribution in [3.63, 3.8) is 0 Å². The van der Waals surface area contributed by atoms with E-state index in [1.807, 2.05) is 6.92 Å². The summed E-state index contributed by atoms with van der Waals surface area (Å²) in [4.78, 5) is 23.2. The molecule has 2 heterocycles. The van der Waals surface area contributed by atoms with Crippen LogP contribution in [0.1, 0.15) is 19.0 Å². The van der Waals surface area contributed by atoms with Gasteiger partial charge in [-0.15, -0.1) is 0 Å². The number of aromatic hydroxyl groups is 1. The zero-order valence-electron chi connectivity index (χ0n) is 9.69. The molecule has 0 amide bonds. The quantitative estimate of drug-likeness (QED) is 0.853. The zero-order chi connectivity index (χ0) is 12.6. The van der Waals surface area contributed by atoms with E-state index in [-0.39, 0.29) is 22.3 Å². The summed E-state index contributed by atoms with van der Waals surface area (Å²) < 4.78 is 6.47. The molecule has 5 nitrogen and oxygen atoms in total. The van der Waals surface area contributed by atoms with Crippen LogP contribution in [0.25, 0.3) is 11.0 Å². The van der Waals surface area contributed by atoms with E-state index >= 15 is 0 Å². The second kappa shape index (κ2) is 4.08. The van der Waals surface area contributed by atoms with Crippen LogP contribution in [0.2, 0.25) is 0 Å². The Morgan fingerprint density at radius 2 is 2.06 bits per heavy atom. The van der Waals surface area contributed by atoms with Crippen molar-refractivity contribution in [2.45, 2.75) is 26.8 Å². The molecule has 0 aliphatic rings. The summed E-state index contributed by atoms with van der Waals surface area (Å²) in [5.41, 5.74) is -0.159. The lowest BCUT2D eigenvalue weighted by molar-refractivity contribution is 0.465. The lowest BCUT2D eigenvalue weighted by atomic mass is 10.2. The van der Waals surface area contributed by atoms with Gasteiger partial charge in [-0.3, -0.25) is 4.79 Å². The standard InChI is InChI=1S/C12H13NO4/c1-3-4-13-7(2)5-9-11(12(13)16)8(14)6-10(15)17-9/h5-6,14H,3-4H2,1-2H3. The number of nitrogens with zero attached hydrogens (tertiary/aromatic N) is 1. The monoisotopic (exact) mass is 235 g/mol. The fourth-order valence-electron chi connectivity index (χ4n) is 1.88. The van der Waals surface area contributed by atoms with Crippen LogP contribution < -0.4 is 11.2 Å². The average molecular weight is 235 g/mol. The van der Waals surface area contributed by atoms with Gasteiger partial charge in [0.25, 0.3) is 5.56 Å². The zero-order valence-corrected chi connectivity index (χ0v) is 9.69. The van der Waals surface area contributed by atoms with Crippen LogP contribution in [0.15, 0.2) is 26.1 Å². The first-order valence-electron chi connectivity index (χ1n) is 5.42. The van der Waals surface area contributed by atoms with Gasteiger partial charge < -0.3 is 14.1 Å². The maximum Gasteiger partial charge on any atom is 0.339 e. The van der Waals surface area contributed by atoms with Crippen LogP contribution in [0, 0.1) is 6.92 Å². The van der Waals surface area contributed by atoms with Crippen molar-refractivity contribution < 1.29 is 9.52 Å². The van der Waals surface area contributed by atoms with Crippen molar-refractivity contribution in [3.8, 4) is 5.75 Å². The first-order valence-corrected chi connectivity index (χ1v) is 5.42. The molecule has 0 saturated carbocycles. The Kier molecular flexibility index (Phi) is 2.75. The lowest BCUT2D eigenvalue weighted by Gasteiger charge is -2.09. The number of fused-ring (bicyclic) bond motifs is 1. The van der Waals surface area contributed by atoms with Gasteiger partial charge in [0.05, 0.1) is 6.07 Å². The summed E-state index contributed by atoms with van der Waals surface area (Å²) >= 11 is 0. The van der Waals surface area contributed by atoms with E-state index in [4.69, 9.17) is 4.42 Å². The van der Waals surface area contributed by atoms with Crippen LogP contribution in [0.4, 0.5) is 0 Å². The van der Waals surface area contributed by atoms with Gasteiger partial charge >= 0.3 is 5.63 Å². The SMILES string of the molecule is CCCn1c(C)cc2oc(=O)cc(O)c2c1=O. The lowest BCUT2D eigenvalue weighted by Crippen LogP contribution is -2.22. The van der Waals surface area contributed by atoms with E-state index in [0.29, 0.717) is 12.2 Å². The largest absolute Gasteiger partial charge is 0.507 e. The smallest absolute Gasteiger partial charge is 0.339 e. The van der Waals surface area contributed by atoms with Gasteiger partial charge in [-0.25, -0.2) is 4.79 Å². The third kappa shape index (κ3) is 1.84. The minimum Gasteiger partial charge on any atom is -0.507 e. The van der Waals surface area contributed by atoms with E-state index < -0.39 is 5.63 Å². The first kappa shape index (κ1) is 11.4. The Morgan fingerprint density at radius 3 is 2.71 bits per heavy atom. The van der Waals surface area contributed by atoms with Crippen molar-refractivity contribution in [2.75, 3.05) is 0 Å². The molecule has 0 unspecified atom stereocenters. The Bertz CT molecular complexity index is 681. The minimum atomic E-state index is -0.665. The molecule has 0 aromatic carbocycles. The van der Waals surface area contributed by atoms with Gasteiger partial charge in [-0.2, -0.15) is 0 Å². The molecule has 0 saturated heterocycles. The van der Waals surface area contributed by atoms with Crippen molar-refractivity contribution in [2.24, 2.45) is 0 Å². The Morgan fingerprint density at radius 1 is 1.35 bits per heavy atom. The molecule has 0 bridgehead atoms. The molecule has 90 valence electrons. The van der Waals surface area contributed by atoms with Crippen LogP contribution in [0.5, 0.6) is 5.75 Å². The second-order valence-electron chi connectivity index (χ2n) is 3.93. The van der Waals surface area contributed by atoms with Gasteiger partial charge in [0, 0.05) is 18.3 Å². The molecule has 17 heavy (non-hydrogen) atoms. The van der Waals surface area contributed by atoms with Crippen molar-refractivity contribution in [1.29, 1.82) is 0 Å². The Labute approximate surface area is 96.9 Å². The molecular weight excluding hydrogens is 222 g/mol. The summed E-state index contributed by atoms with van der Waals surface area (Å²) in [6, 6.07) is 2.50. The van der Waals surface area contributed by atoms with E-state index in [2.05, 4.69) is 0 Å². The highest BCUT2D eigenvalue weighted by molar-refractivity contribution is 5.82. The second-order valence-corrected chi connectivity index (χ2v) is 3.93. The van der Waals surface area contributed by atoms with Crippen molar-refractivity contribution in [3.05, 3.63) is 38.6 Å². The van der Waals surface area contributed by atoms with Crippen molar-refractivity contribution in [1.82, 2.24) is 4.57 Å². The molecule has 5 heteroatoms. The third-order valence-corrected chi connectivity index (χ3v) is 2.64. The number of pyridine rings is 1. The highest BCUT2D eigenvalue weighted by atomic mass is 16.4. The molecule has 2 rings (SSSR count). The molecule has 1 N–H and O–H groups in total. The molecule has 0 spiro atoms. The van der Waals surface area contributed by atoms with Gasteiger partial charge in [-0.1, -0.05) is 6.92 Å². The van der Waals surface area contributed by atoms with Gasteiger partial charge in [0.2, 0.25) is 0 Å². The topological polar surface area (TPSA) is 72.4 Å². The number of rotatable bonds is 2. The molecule has 0 radical (unpaired) electrons. The predicted octanol–water partition coefficient (Wildman–Crippen LogP) is 1.38. The van der Waals surface area contributed by atoms with Crippen LogP contribution >= 0.6 is 0 Å². The minimum absolute atomic E-state index is 0.0589. The van der Waals surface area contributed by atoms with Crippen LogP contribution in [0.3, 0.4) is 0 Å². The molecule has 0 aliphatic heterocycles. The van der Waals surface area contributed by atoms with Gasteiger partial charge in [-0.05, 0) is 13.3 Å². The average Bonchev–Trinajstić information content (AvgIpc) is 2.22. The summed E-state index contributed by atoms with van der Waals surface area (Å²) in [6.45, 7) is 4.29. The Balaban J connectivity index is 2.92. The molecular formula is C12H13NO4. The van der Waals surface area contributed by atoms with Crippen molar-refractivity contribution >= 4 is 11.0 Å². The number of aromatic nitrogens is 1. The van der Waals surface area contributed by atoms with E-state index in [0.717, 1.165) is 12.5 Å². The highest BCUT2D eigenvalue weighted by Gasteiger charge is 2.12. The van der Waals surface area contributed by atoms with Gasteiger partial charge in [0.1, 0.15) is 16.7 Å². The number of hydrogen-bond donors (Lipinski definition) is 1.